The summed E-state index contributed by atoms with van der Waals surface area (Å²) in [6.45, 7) is 4.76. The van der Waals surface area contributed by atoms with Crippen molar-refractivity contribution >= 4 is 16.8 Å². The molecule has 4 nitrogen and oxygen atoms in total. The fourth-order valence-electron chi connectivity index (χ4n) is 2.27. The maximum Gasteiger partial charge on any atom is 0.220 e. The molecule has 0 bridgehead atoms. The van der Waals surface area contributed by atoms with Gasteiger partial charge in [0.05, 0.1) is 7.11 Å². The summed E-state index contributed by atoms with van der Waals surface area (Å²) in [5.41, 5.74) is 2.29. The molecule has 1 aromatic carbocycles. The van der Waals surface area contributed by atoms with E-state index in [0.717, 1.165) is 23.1 Å². The average Bonchev–Trinajstić information content (AvgIpc) is 2.80. The number of nitrogens with one attached hydrogen (secondary N) is 2. The number of aromatic amines is 1. The lowest BCUT2D eigenvalue weighted by Crippen LogP contribution is -2.26. The van der Waals surface area contributed by atoms with E-state index in [4.69, 9.17) is 4.74 Å². The monoisotopic (exact) mass is 274 g/mol. The molecule has 4 heteroatoms. The Bertz CT molecular complexity index is 587. The number of fused-ring (bicyclic) bond motifs is 1. The Morgan fingerprint density at radius 1 is 1.40 bits per heavy atom. The van der Waals surface area contributed by atoms with Crippen LogP contribution in [0, 0.1) is 5.92 Å². The van der Waals surface area contributed by atoms with E-state index in [2.05, 4.69) is 10.3 Å². The van der Waals surface area contributed by atoms with Crippen LogP contribution in [0.15, 0.2) is 24.4 Å². The minimum absolute atomic E-state index is 0.123. The summed E-state index contributed by atoms with van der Waals surface area (Å²) in [5, 5.41) is 4.12. The second-order valence-corrected chi connectivity index (χ2v) is 5.42. The molecular weight excluding hydrogens is 252 g/mol. The van der Waals surface area contributed by atoms with Crippen molar-refractivity contribution in [1.82, 2.24) is 10.3 Å². The van der Waals surface area contributed by atoms with Gasteiger partial charge in [-0.3, -0.25) is 4.79 Å². The minimum Gasteiger partial charge on any atom is -0.497 e. The first kappa shape index (κ1) is 14.4. The zero-order valence-corrected chi connectivity index (χ0v) is 12.3. The SMILES string of the molecule is COc1ccc2[nH]cc(CCNC(=O)CC(C)C)c2c1. The van der Waals surface area contributed by atoms with Crippen molar-refractivity contribution in [3.8, 4) is 5.75 Å². The molecule has 0 fully saturated rings. The van der Waals surface area contributed by atoms with E-state index in [0.29, 0.717) is 18.9 Å². The van der Waals surface area contributed by atoms with E-state index < -0.39 is 0 Å². The topological polar surface area (TPSA) is 54.1 Å². The first-order chi connectivity index (χ1) is 9.60. The van der Waals surface area contributed by atoms with Gasteiger partial charge in [-0.15, -0.1) is 0 Å². The van der Waals surface area contributed by atoms with Gasteiger partial charge in [0.1, 0.15) is 5.75 Å². The van der Waals surface area contributed by atoms with E-state index in [1.165, 1.54) is 5.56 Å². The maximum atomic E-state index is 11.6. The number of H-pyrrole nitrogens is 1. The molecule has 0 saturated carbocycles. The van der Waals surface area contributed by atoms with Gasteiger partial charge in [-0.2, -0.15) is 0 Å². The predicted molar refractivity (Wildman–Crippen MR) is 81.0 cm³/mol. The molecule has 0 aliphatic carbocycles. The highest BCUT2D eigenvalue weighted by atomic mass is 16.5. The quantitative estimate of drug-likeness (QED) is 0.851. The van der Waals surface area contributed by atoms with Crippen LogP contribution in [0.4, 0.5) is 0 Å². The Labute approximate surface area is 119 Å². The zero-order valence-electron chi connectivity index (χ0n) is 12.3. The molecule has 0 aliphatic rings. The molecule has 0 radical (unpaired) electrons. The van der Waals surface area contributed by atoms with E-state index >= 15 is 0 Å². The standard InChI is InChI=1S/C16H22N2O2/c1-11(2)8-16(19)17-7-6-12-10-18-15-5-4-13(20-3)9-14(12)15/h4-5,9-11,18H,6-8H2,1-3H3,(H,17,19). The van der Waals surface area contributed by atoms with E-state index in [9.17, 15) is 4.79 Å². The van der Waals surface area contributed by atoms with Crippen molar-refractivity contribution < 1.29 is 9.53 Å². The second kappa shape index (κ2) is 6.46. The number of hydrogen-bond donors (Lipinski definition) is 2. The van der Waals surface area contributed by atoms with Crippen LogP contribution >= 0.6 is 0 Å². The number of aromatic nitrogens is 1. The third-order valence-electron chi connectivity index (χ3n) is 3.28. The zero-order chi connectivity index (χ0) is 14.5. The molecule has 2 aromatic rings. The van der Waals surface area contributed by atoms with Gasteiger partial charge in [0.25, 0.3) is 0 Å². The Morgan fingerprint density at radius 2 is 2.20 bits per heavy atom. The normalized spacial score (nSPS) is 11.0. The molecule has 0 aliphatic heterocycles. The lowest BCUT2D eigenvalue weighted by atomic mass is 10.1. The second-order valence-electron chi connectivity index (χ2n) is 5.42. The summed E-state index contributed by atoms with van der Waals surface area (Å²) in [4.78, 5) is 14.8. The van der Waals surface area contributed by atoms with Crippen LogP contribution in [0.25, 0.3) is 10.9 Å². The van der Waals surface area contributed by atoms with Crippen LogP contribution in [-0.4, -0.2) is 24.5 Å². The fraction of sp³-hybridized carbons (Fsp3) is 0.438. The van der Waals surface area contributed by atoms with Gasteiger partial charge in [-0.25, -0.2) is 0 Å². The highest BCUT2D eigenvalue weighted by Crippen LogP contribution is 2.23. The van der Waals surface area contributed by atoms with Gasteiger partial charge in [0, 0.05) is 30.1 Å². The molecule has 0 saturated heterocycles. The van der Waals surface area contributed by atoms with E-state index in [1.807, 2.05) is 38.2 Å². The minimum atomic E-state index is 0.123. The van der Waals surface area contributed by atoms with Crippen molar-refractivity contribution in [2.75, 3.05) is 13.7 Å². The van der Waals surface area contributed by atoms with Gasteiger partial charge in [-0.1, -0.05) is 13.8 Å². The number of carbonyl (C=O) groups excluding carboxylic acids is 1. The summed E-state index contributed by atoms with van der Waals surface area (Å²) in [7, 11) is 1.67. The first-order valence-electron chi connectivity index (χ1n) is 7.01. The van der Waals surface area contributed by atoms with Crippen LogP contribution in [-0.2, 0) is 11.2 Å². The summed E-state index contributed by atoms with van der Waals surface area (Å²) in [5.74, 6) is 1.37. The third kappa shape index (κ3) is 3.53. The molecule has 0 unspecified atom stereocenters. The van der Waals surface area contributed by atoms with E-state index in [-0.39, 0.29) is 5.91 Å². The van der Waals surface area contributed by atoms with Gasteiger partial charge in [-0.05, 0) is 36.1 Å². The lowest BCUT2D eigenvalue weighted by Gasteiger charge is -2.07. The molecule has 20 heavy (non-hydrogen) atoms. The average molecular weight is 274 g/mol. The van der Waals surface area contributed by atoms with Gasteiger partial charge in [0.15, 0.2) is 0 Å². The fourth-order valence-corrected chi connectivity index (χ4v) is 2.27. The third-order valence-corrected chi connectivity index (χ3v) is 3.28. The number of ether oxygens (including phenoxy) is 1. The van der Waals surface area contributed by atoms with Crippen LogP contribution in [0.2, 0.25) is 0 Å². The Balaban J connectivity index is 1.98. The largest absolute Gasteiger partial charge is 0.497 e. The van der Waals surface area contributed by atoms with Gasteiger partial charge < -0.3 is 15.0 Å². The molecule has 0 atom stereocenters. The Kier molecular flexibility index (Phi) is 4.66. The van der Waals surface area contributed by atoms with Crippen molar-refractivity contribution in [1.29, 1.82) is 0 Å². The molecular formula is C16H22N2O2. The number of benzene rings is 1. The Morgan fingerprint density at radius 3 is 2.90 bits per heavy atom. The van der Waals surface area contributed by atoms with Gasteiger partial charge in [0.2, 0.25) is 5.91 Å². The smallest absolute Gasteiger partial charge is 0.220 e. The summed E-state index contributed by atoms with van der Waals surface area (Å²) in [6.07, 6.45) is 3.40. The summed E-state index contributed by atoms with van der Waals surface area (Å²) in [6, 6.07) is 5.97. The summed E-state index contributed by atoms with van der Waals surface area (Å²) >= 11 is 0. The van der Waals surface area contributed by atoms with Crippen molar-refractivity contribution in [3.63, 3.8) is 0 Å². The molecule has 2 rings (SSSR count). The number of carbonyl (C=O) groups is 1. The summed E-state index contributed by atoms with van der Waals surface area (Å²) < 4.78 is 5.25. The molecule has 108 valence electrons. The molecule has 1 aromatic heterocycles. The highest BCUT2D eigenvalue weighted by Gasteiger charge is 2.07. The van der Waals surface area contributed by atoms with Crippen LogP contribution < -0.4 is 10.1 Å². The number of methoxy groups -OCH3 is 1. The van der Waals surface area contributed by atoms with E-state index in [1.54, 1.807) is 7.11 Å². The lowest BCUT2D eigenvalue weighted by molar-refractivity contribution is -0.121. The van der Waals surface area contributed by atoms with Crippen LogP contribution in [0.5, 0.6) is 5.75 Å². The van der Waals surface area contributed by atoms with Gasteiger partial charge >= 0.3 is 0 Å². The molecule has 0 spiro atoms. The Hall–Kier alpha value is -1.97. The number of hydrogen-bond acceptors (Lipinski definition) is 2. The first-order valence-corrected chi connectivity index (χ1v) is 7.01. The molecule has 1 heterocycles. The van der Waals surface area contributed by atoms with Crippen LogP contribution in [0.1, 0.15) is 25.8 Å². The molecule has 1 amide bonds. The number of rotatable bonds is 6. The van der Waals surface area contributed by atoms with Crippen molar-refractivity contribution in [3.05, 3.63) is 30.0 Å². The number of amides is 1. The van der Waals surface area contributed by atoms with Crippen molar-refractivity contribution in [2.45, 2.75) is 26.7 Å². The van der Waals surface area contributed by atoms with Crippen molar-refractivity contribution in [2.24, 2.45) is 5.92 Å². The molecule has 2 N–H and O–H groups in total. The van der Waals surface area contributed by atoms with Crippen LogP contribution in [0.3, 0.4) is 0 Å². The highest BCUT2D eigenvalue weighted by molar-refractivity contribution is 5.84. The predicted octanol–water partition coefficient (Wildman–Crippen LogP) is 2.88. The maximum absolute atomic E-state index is 11.6.